The topological polar surface area (TPSA) is 96.3 Å². The SMILES string of the molecule is CN(C)/C=C\C(=O)c1nc(NC(=O)c2cc(F)cc(C(F)(F)F)c2)c2n1CC(=O)N[C@H]2c1cc(F)ccc1Cl. The van der Waals surface area contributed by atoms with Gasteiger partial charge in [0.2, 0.25) is 11.7 Å². The smallest absolute Gasteiger partial charge is 0.383 e. The summed E-state index contributed by atoms with van der Waals surface area (Å²) < 4.78 is 68.8. The maximum atomic E-state index is 14.1. The van der Waals surface area contributed by atoms with Crippen LogP contribution in [0.15, 0.2) is 48.7 Å². The number of hydrogen-bond donors (Lipinski definition) is 2. The second-order valence-corrected chi connectivity index (χ2v) is 9.15. The highest BCUT2D eigenvalue weighted by Crippen LogP contribution is 2.36. The van der Waals surface area contributed by atoms with Crippen molar-refractivity contribution in [2.75, 3.05) is 19.4 Å². The highest BCUT2D eigenvalue weighted by atomic mass is 35.5. The standard InChI is InChI=1S/C25H19ClF5N5O3/c1-35(2)6-5-18(37)23-33-22(34-24(39)12-7-13(25(29,30)31)9-15(28)8-12)21-20(32-19(38)11-36(21)23)16-10-14(27)3-4-17(16)26/h3-10,20H,11H2,1-2H3,(H,32,38)(H,34,39)/b6-5-/t20-/m0/s1. The minimum atomic E-state index is -4.92. The molecule has 0 radical (unpaired) electrons. The molecule has 3 aromatic rings. The zero-order valence-corrected chi connectivity index (χ0v) is 21.0. The van der Waals surface area contributed by atoms with Crippen molar-refractivity contribution in [1.82, 2.24) is 19.8 Å². The first kappa shape index (κ1) is 27.8. The molecule has 1 aliphatic rings. The number of carbonyl (C=O) groups is 3. The molecule has 0 bridgehead atoms. The van der Waals surface area contributed by atoms with Gasteiger partial charge in [0.05, 0.1) is 17.3 Å². The van der Waals surface area contributed by atoms with Crippen LogP contribution in [0.25, 0.3) is 0 Å². The third-order valence-electron chi connectivity index (χ3n) is 5.62. The predicted molar refractivity (Wildman–Crippen MR) is 130 cm³/mol. The fourth-order valence-corrected chi connectivity index (χ4v) is 4.16. The summed E-state index contributed by atoms with van der Waals surface area (Å²) in [4.78, 5) is 44.3. The molecular weight excluding hydrogens is 549 g/mol. The fraction of sp³-hybridized carbons (Fsp3) is 0.200. The van der Waals surface area contributed by atoms with Crippen molar-refractivity contribution in [3.63, 3.8) is 0 Å². The molecule has 8 nitrogen and oxygen atoms in total. The van der Waals surface area contributed by atoms with Crippen LogP contribution in [-0.2, 0) is 17.5 Å². The molecule has 39 heavy (non-hydrogen) atoms. The van der Waals surface area contributed by atoms with Crippen LogP contribution in [0.5, 0.6) is 0 Å². The number of hydrogen-bond acceptors (Lipinski definition) is 5. The van der Waals surface area contributed by atoms with Crippen LogP contribution in [0.2, 0.25) is 5.02 Å². The van der Waals surface area contributed by atoms with Crippen molar-refractivity contribution in [1.29, 1.82) is 0 Å². The molecule has 0 saturated carbocycles. The summed E-state index contributed by atoms with van der Waals surface area (Å²) in [5.74, 6) is -5.06. The summed E-state index contributed by atoms with van der Waals surface area (Å²) in [5.41, 5.74) is -2.00. The predicted octanol–water partition coefficient (Wildman–Crippen LogP) is 4.56. The van der Waals surface area contributed by atoms with Crippen LogP contribution < -0.4 is 10.6 Å². The van der Waals surface area contributed by atoms with E-state index in [2.05, 4.69) is 15.6 Å². The van der Waals surface area contributed by atoms with Gasteiger partial charge in [0.25, 0.3) is 5.91 Å². The summed E-state index contributed by atoms with van der Waals surface area (Å²) in [5, 5.41) is 4.94. The Labute approximate surface area is 223 Å². The van der Waals surface area contributed by atoms with E-state index in [9.17, 15) is 36.3 Å². The van der Waals surface area contributed by atoms with Crippen LogP contribution in [-0.4, -0.2) is 46.1 Å². The molecule has 0 fully saturated rings. The molecule has 0 unspecified atom stereocenters. The number of fused-ring (bicyclic) bond motifs is 1. The highest BCUT2D eigenvalue weighted by molar-refractivity contribution is 6.31. The van der Waals surface area contributed by atoms with Crippen LogP contribution in [0.1, 0.15) is 43.8 Å². The first-order chi connectivity index (χ1) is 18.2. The van der Waals surface area contributed by atoms with E-state index in [1.165, 1.54) is 16.8 Å². The number of alkyl halides is 3. The molecule has 0 saturated heterocycles. The lowest BCUT2D eigenvalue weighted by Crippen LogP contribution is -2.40. The summed E-state index contributed by atoms with van der Waals surface area (Å²) in [7, 11) is 3.31. The molecule has 4 rings (SSSR count). The average Bonchev–Trinajstić information content (AvgIpc) is 3.20. The number of allylic oxidation sites excluding steroid dienone is 1. The molecule has 2 N–H and O–H groups in total. The number of halogens is 6. The molecule has 204 valence electrons. The van der Waals surface area contributed by atoms with Gasteiger partial charge in [-0.2, -0.15) is 13.2 Å². The van der Waals surface area contributed by atoms with Crippen LogP contribution in [0.4, 0.5) is 27.8 Å². The number of ketones is 1. The van der Waals surface area contributed by atoms with Crippen LogP contribution in [0, 0.1) is 11.6 Å². The van der Waals surface area contributed by atoms with Crippen molar-refractivity contribution in [2.24, 2.45) is 0 Å². The van der Waals surface area contributed by atoms with E-state index in [-0.39, 0.29) is 34.0 Å². The van der Waals surface area contributed by atoms with E-state index in [0.29, 0.717) is 12.1 Å². The second kappa shape index (κ2) is 10.5. The van der Waals surface area contributed by atoms with E-state index < -0.39 is 59.1 Å². The zero-order valence-electron chi connectivity index (χ0n) is 20.2. The molecular formula is C25H19ClF5N5O3. The Hall–Kier alpha value is -4.26. The fourth-order valence-electron chi connectivity index (χ4n) is 3.93. The Balaban J connectivity index is 1.86. The van der Waals surface area contributed by atoms with Crippen LogP contribution in [0.3, 0.4) is 0 Å². The normalized spacial score (nSPS) is 15.2. The van der Waals surface area contributed by atoms with Crippen LogP contribution >= 0.6 is 11.6 Å². The average molecular weight is 568 g/mol. The minimum absolute atomic E-state index is 0.00417. The number of nitrogens with zero attached hydrogens (tertiary/aromatic N) is 3. The van der Waals surface area contributed by atoms with Crippen molar-refractivity contribution in [3.8, 4) is 0 Å². The maximum absolute atomic E-state index is 14.1. The monoisotopic (exact) mass is 567 g/mol. The zero-order chi connectivity index (χ0) is 28.6. The van der Waals surface area contributed by atoms with Gasteiger partial charge >= 0.3 is 6.18 Å². The Kier molecular flexibility index (Phi) is 7.46. The van der Waals surface area contributed by atoms with Crippen molar-refractivity contribution in [2.45, 2.75) is 18.8 Å². The quantitative estimate of drug-likeness (QED) is 0.259. The molecule has 1 aliphatic heterocycles. The van der Waals surface area contributed by atoms with Gasteiger partial charge in [0.1, 0.15) is 18.2 Å². The number of anilines is 1. The Morgan fingerprint density at radius 1 is 1.15 bits per heavy atom. The summed E-state index contributed by atoms with van der Waals surface area (Å²) >= 11 is 6.26. The van der Waals surface area contributed by atoms with E-state index in [4.69, 9.17) is 11.6 Å². The molecule has 2 heterocycles. The summed E-state index contributed by atoms with van der Waals surface area (Å²) in [6.45, 7) is -0.420. The third-order valence-corrected chi connectivity index (χ3v) is 5.96. The van der Waals surface area contributed by atoms with Gasteiger partial charge in [-0.15, -0.1) is 0 Å². The largest absolute Gasteiger partial charge is 0.416 e. The molecule has 2 amide bonds. The van der Waals surface area contributed by atoms with E-state index in [1.807, 2.05) is 0 Å². The van der Waals surface area contributed by atoms with E-state index in [0.717, 1.165) is 18.2 Å². The van der Waals surface area contributed by atoms with E-state index in [1.54, 1.807) is 19.0 Å². The number of imidazole rings is 1. The highest BCUT2D eigenvalue weighted by Gasteiger charge is 2.36. The van der Waals surface area contributed by atoms with Gasteiger partial charge in [-0.3, -0.25) is 14.4 Å². The number of rotatable bonds is 6. The van der Waals surface area contributed by atoms with Crippen molar-refractivity contribution >= 4 is 35.0 Å². The van der Waals surface area contributed by atoms with Gasteiger partial charge in [-0.05, 0) is 36.4 Å². The Bertz CT molecular complexity index is 1520. The van der Waals surface area contributed by atoms with Crippen molar-refractivity contribution in [3.05, 3.63) is 93.5 Å². The molecule has 0 aliphatic carbocycles. The third kappa shape index (κ3) is 5.93. The first-order valence-corrected chi connectivity index (χ1v) is 11.5. The molecule has 14 heteroatoms. The maximum Gasteiger partial charge on any atom is 0.416 e. The van der Waals surface area contributed by atoms with E-state index >= 15 is 0 Å². The molecule has 2 aromatic carbocycles. The minimum Gasteiger partial charge on any atom is -0.383 e. The van der Waals surface area contributed by atoms with Gasteiger partial charge < -0.3 is 20.1 Å². The van der Waals surface area contributed by atoms with Gasteiger partial charge in [0, 0.05) is 42.5 Å². The van der Waals surface area contributed by atoms with Gasteiger partial charge in [-0.1, -0.05) is 11.6 Å². The second-order valence-electron chi connectivity index (χ2n) is 8.75. The number of amides is 2. The Morgan fingerprint density at radius 2 is 1.87 bits per heavy atom. The summed E-state index contributed by atoms with van der Waals surface area (Å²) in [6.07, 6.45) is -2.36. The first-order valence-electron chi connectivity index (χ1n) is 11.2. The van der Waals surface area contributed by atoms with Gasteiger partial charge in [0.15, 0.2) is 11.6 Å². The number of benzene rings is 2. The number of carbonyl (C=O) groups excluding carboxylic acids is 3. The Morgan fingerprint density at radius 3 is 2.54 bits per heavy atom. The van der Waals surface area contributed by atoms with Gasteiger partial charge in [-0.25, -0.2) is 13.8 Å². The van der Waals surface area contributed by atoms with Crippen molar-refractivity contribution < 1.29 is 36.3 Å². The molecule has 0 spiro atoms. The molecule has 1 aromatic heterocycles. The number of nitrogens with one attached hydrogen (secondary N) is 2. The summed E-state index contributed by atoms with van der Waals surface area (Å²) in [6, 6.07) is 3.44. The lowest BCUT2D eigenvalue weighted by atomic mass is 10.0. The number of aromatic nitrogens is 2. The lowest BCUT2D eigenvalue weighted by molar-refractivity contribution is -0.137. The lowest BCUT2D eigenvalue weighted by Gasteiger charge is -2.28. The molecule has 1 atom stereocenters.